The maximum atomic E-state index is 4.42. The monoisotopic (exact) mass is 226 g/mol. The van der Waals surface area contributed by atoms with Crippen molar-refractivity contribution in [2.75, 3.05) is 0 Å². The van der Waals surface area contributed by atoms with Crippen LogP contribution in [0.5, 0.6) is 0 Å². The van der Waals surface area contributed by atoms with Gasteiger partial charge in [-0.15, -0.1) is 12.6 Å². The van der Waals surface area contributed by atoms with Crippen molar-refractivity contribution in [2.24, 2.45) is 0 Å². The average Bonchev–Trinajstić information content (AvgIpc) is 2.75. The fraction of sp³-hybridized carbons (Fsp3) is 0. The number of benzene rings is 1. The lowest BCUT2D eigenvalue weighted by Crippen LogP contribution is -1.83. The minimum Gasteiger partial charge on any atom is -0.360 e. The van der Waals surface area contributed by atoms with Crippen LogP contribution in [0.3, 0.4) is 0 Å². The molecule has 0 fully saturated rings. The summed E-state index contributed by atoms with van der Waals surface area (Å²) in [6.45, 7) is 0. The van der Waals surface area contributed by atoms with E-state index in [1.807, 2.05) is 30.6 Å². The zero-order valence-electron chi connectivity index (χ0n) is 8.51. The minimum absolute atomic E-state index is 0.933. The van der Waals surface area contributed by atoms with Gasteiger partial charge in [0, 0.05) is 33.9 Å². The second kappa shape index (κ2) is 3.68. The molecule has 0 amide bonds. The average molecular weight is 226 g/mol. The van der Waals surface area contributed by atoms with E-state index in [1.165, 1.54) is 0 Å². The lowest BCUT2D eigenvalue weighted by atomic mass is 10.1. The van der Waals surface area contributed by atoms with Gasteiger partial charge in [0.2, 0.25) is 0 Å². The highest BCUT2D eigenvalue weighted by molar-refractivity contribution is 7.80. The Labute approximate surface area is 98.8 Å². The summed E-state index contributed by atoms with van der Waals surface area (Å²) in [6.07, 6.45) is 3.69. The van der Waals surface area contributed by atoms with Crippen LogP contribution in [0.25, 0.3) is 22.2 Å². The van der Waals surface area contributed by atoms with Gasteiger partial charge in [0.1, 0.15) is 0 Å². The maximum absolute atomic E-state index is 4.42. The van der Waals surface area contributed by atoms with E-state index in [-0.39, 0.29) is 0 Å². The lowest BCUT2D eigenvalue weighted by Gasteiger charge is -2.02. The van der Waals surface area contributed by atoms with Crippen LogP contribution in [0, 0.1) is 0 Å². The number of aromatic amines is 1. The molecule has 2 nitrogen and oxygen atoms in total. The highest BCUT2D eigenvalue weighted by atomic mass is 32.1. The Morgan fingerprint density at radius 1 is 1.12 bits per heavy atom. The first kappa shape index (κ1) is 9.48. The van der Waals surface area contributed by atoms with Gasteiger partial charge in [-0.25, -0.2) is 0 Å². The standard InChI is InChI=1S/C13H10N2S/c16-10-7-12(15-8-10)11-5-1-3-9-4-2-6-14-13(9)11/h1-8,15-16H. The van der Waals surface area contributed by atoms with Gasteiger partial charge in [0.25, 0.3) is 0 Å². The molecular formula is C13H10N2S. The Hall–Kier alpha value is -1.74. The molecule has 0 spiro atoms. The van der Waals surface area contributed by atoms with Gasteiger partial charge in [-0.1, -0.05) is 24.3 Å². The molecule has 2 aromatic heterocycles. The van der Waals surface area contributed by atoms with E-state index < -0.39 is 0 Å². The van der Waals surface area contributed by atoms with Crippen molar-refractivity contribution in [3.63, 3.8) is 0 Å². The van der Waals surface area contributed by atoms with Crippen LogP contribution in [0.15, 0.2) is 53.7 Å². The van der Waals surface area contributed by atoms with Crippen molar-refractivity contribution >= 4 is 23.5 Å². The Balaban J connectivity index is 2.31. The van der Waals surface area contributed by atoms with Crippen LogP contribution in [-0.4, -0.2) is 9.97 Å². The summed E-state index contributed by atoms with van der Waals surface area (Å²) in [7, 11) is 0. The first-order valence-corrected chi connectivity index (χ1v) is 5.51. The van der Waals surface area contributed by atoms with Crippen LogP contribution >= 0.6 is 12.6 Å². The molecule has 78 valence electrons. The molecule has 3 heteroatoms. The van der Waals surface area contributed by atoms with Crippen molar-refractivity contribution in [1.82, 2.24) is 9.97 Å². The lowest BCUT2D eigenvalue weighted by molar-refractivity contribution is 1.36. The molecule has 0 aliphatic heterocycles. The SMILES string of the molecule is Sc1c[nH]c(-c2cccc3cccnc23)c1. The first-order chi connectivity index (χ1) is 7.84. The quantitative estimate of drug-likeness (QED) is 0.611. The van der Waals surface area contributed by atoms with Crippen LogP contribution < -0.4 is 0 Å². The fourth-order valence-corrected chi connectivity index (χ4v) is 2.05. The molecule has 0 aliphatic carbocycles. The first-order valence-electron chi connectivity index (χ1n) is 5.06. The summed E-state index contributed by atoms with van der Waals surface area (Å²) in [4.78, 5) is 8.55. The van der Waals surface area contributed by atoms with E-state index in [9.17, 15) is 0 Å². The summed E-state index contributed by atoms with van der Waals surface area (Å²) in [5.41, 5.74) is 3.17. The number of hydrogen-bond donors (Lipinski definition) is 2. The van der Waals surface area contributed by atoms with Crippen molar-refractivity contribution < 1.29 is 0 Å². The summed E-state index contributed by atoms with van der Waals surface area (Å²) in [5.74, 6) is 0. The molecule has 3 rings (SSSR count). The second-order valence-electron chi connectivity index (χ2n) is 3.65. The van der Waals surface area contributed by atoms with E-state index in [0.717, 1.165) is 27.1 Å². The normalized spacial score (nSPS) is 10.8. The summed E-state index contributed by atoms with van der Waals surface area (Å²) in [6, 6.07) is 12.2. The van der Waals surface area contributed by atoms with Crippen LogP contribution in [0.2, 0.25) is 0 Å². The number of nitrogens with one attached hydrogen (secondary N) is 1. The smallest absolute Gasteiger partial charge is 0.0795 e. The van der Waals surface area contributed by atoms with Gasteiger partial charge in [0.05, 0.1) is 5.52 Å². The number of para-hydroxylation sites is 1. The van der Waals surface area contributed by atoms with Gasteiger partial charge in [-0.2, -0.15) is 0 Å². The molecular weight excluding hydrogens is 216 g/mol. The summed E-state index contributed by atoms with van der Waals surface area (Å²) < 4.78 is 0. The zero-order chi connectivity index (χ0) is 11.0. The number of pyridine rings is 1. The highest BCUT2D eigenvalue weighted by Crippen LogP contribution is 2.27. The molecule has 0 aliphatic rings. The summed E-state index contributed by atoms with van der Waals surface area (Å²) >= 11 is 4.30. The van der Waals surface area contributed by atoms with Gasteiger partial charge in [0.15, 0.2) is 0 Å². The highest BCUT2D eigenvalue weighted by Gasteiger charge is 2.05. The van der Waals surface area contributed by atoms with E-state index in [4.69, 9.17) is 0 Å². The third-order valence-electron chi connectivity index (χ3n) is 2.59. The van der Waals surface area contributed by atoms with E-state index >= 15 is 0 Å². The van der Waals surface area contributed by atoms with Crippen molar-refractivity contribution in [1.29, 1.82) is 0 Å². The molecule has 0 unspecified atom stereocenters. The van der Waals surface area contributed by atoms with E-state index in [2.05, 4.69) is 40.8 Å². The number of fused-ring (bicyclic) bond motifs is 1. The number of aromatic nitrogens is 2. The van der Waals surface area contributed by atoms with Crippen molar-refractivity contribution in [3.05, 3.63) is 48.8 Å². The molecule has 0 radical (unpaired) electrons. The summed E-state index contributed by atoms with van der Waals surface area (Å²) in [5, 5.41) is 1.15. The molecule has 0 atom stereocenters. The van der Waals surface area contributed by atoms with Crippen molar-refractivity contribution in [2.45, 2.75) is 4.90 Å². The third-order valence-corrected chi connectivity index (χ3v) is 2.85. The largest absolute Gasteiger partial charge is 0.360 e. The number of rotatable bonds is 1. The molecule has 16 heavy (non-hydrogen) atoms. The molecule has 2 heterocycles. The number of thiol groups is 1. The van der Waals surface area contributed by atoms with Crippen LogP contribution in [-0.2, 0) is 0 Å². The van der Waals surface area contributed by atoms with E-state index in [1.54, 1.807) is 0 Å². The van der Waals surface area contributed by atoms with Crippen LogP contribution in [0.1, 0.15) is 0 Å². The molecule has 0 saturated carbocycles. The van der Waals surface area contributed by atoms with Gasteiger partial charge in [-0.05, 0) is 12.1 Å². The maximum Gasteiger partial charge on any atom is 0.0795 e. The zero-order valence-corrected chi connectivity index (χ0v) is 9.41. The Bertz CT molecular complexity index is 638. The fourth-order valence-electron chi connectivity index (χ4n) is 1.86. The Morgan fingerprint density at radius 3 is 2.81 bits per heavy atom. The predicted molar refractivity (Wildman–Crippen MR) is 68.8 cm³/mol. The topological polar surface area (TPSA) is 28.7 Å². The predicted octanol–water partition coefficient (Wildman–Crippen LogP) is 3.52. The molecule has 1 N–H and O–H groups in total. The number of hydrogen-bond acceptors (Lipinski definition) is 2. The molecule has 1 aromatic carbocycles. The minimum atomic E-state index is 0.933. The van der Waals surface area contributed by atoms with E-state index in [0.29, 0.717) is 0 Å². The van der Waals surface area contributed by atoms with Crippen LogP contribution in [0.4, 0.5) is 0 Å². The third kappa shape index (κ3) is 1.49. The molecule has 3 aromatic rings. The van der Waals surface area contributed by atoms with Crippen molar-refractivity contribution in [3.8, 4) is 11.3 Å². The van der Waals surface area contributed by atoms with Gasteiger partial charge in [-0.3, -0.25) is 4.98 Å². The number of nitrogens with zero attached hydrogens (tertiary/aromatic N) is 1. The number of H-pyrrole nitrogens is 1. The molecule has 0 bridgehead atoms. The Morgan fingerprint density at radius 2 is 2.00 bits per heavy atom. The van der Waals surface area contributed by atoms with Gasteiger partial charge >= 0.3 is 0 Å². The molecule has 0 saturated heterocycles. The van der Waals surface area contributed by atoms with Gasteiger partial charge < -0.3 is 4.98 Å². The Kier molecular flexibility index (Phi) is 2.18. The second-order valence-corrected chi connectivity index (χ2v) is 4.17.